The van der Waals surface area contributed by atoms with E-state index < -0.39 is 0 Å². The van der Waals surface area contributed by atoms with Crippen molar-refractivity contribution in [3.63, 3.8) is 0 Å². The van der Waals surface area contributed by atoms with Gasteiger partial charge in [0.15, 0.2) is 0 Å². The second kappa shape index (κ2) is 5.02. The van der Waals surface area contributed by atoms with Crippen LogP contribution in [0.5, 0.6) is 0 Å². The highest BCUT2D eigenvalue weighted by atomic mass is 35.5. The molecule has 2 aliphatic rings. The van der Waals surface area contributed by atoms with Gasteiger partial charge in [0.1, 0.15) is 5.82 Å². The molecule has 2 heterocycles. The molecule has 3 rings (SSSR count). The number of amides is 1. The number of benzene rings is 1. The van der Waals surface area contributed by atoms with Crippen LogP contribution < -0.4 is 5.32 Å². The number of anilines is 1. The predicted octanol–water partition coefficient (Wildman–Crippen LogP) is 3.34. The van der Waals surface area contributed by atoms with Crippen LogP contribution in [0, 0.1) is 5.82 Å². The van der Waals surface area contributed by atoms with Crippen LogP contribution in [0.4, 0.5) is 10.1 Å². The van der Waals surface area contributed by atoms with E-state index in [1.54, 1.807) is 13.0 Å². The maximum atomic E-state index is 13.8. The molecule has 1 N–H and O–H groups in total. The summed E-state index contributed by atoms with van der Waals surface area (Å²) in [5.41, 5.74) is 2.88. The van der Waals surface area contributed by atoms with Crippen molar-refractivity contribution < 1.29 is 9.18 Å². The molecule has 0 radical (unpaired) electrons. The van der Waals surface area contributed by atoms with E-state index in [4.69, 9.17) is 11.6 Å². The molecule has 5 heteroatoms. The van der Waals surface area contributed by atoms with Gasteiger partial charge in [-0.1, -0.05) is 23.3 Å². The average molecular weight is 309 g/mol. The van der Waals surface area contributed by atoms with Crippen LogP contribution in [0.1, 0.15) is 25.8 Å². The van der Waals surface area contributed by atoms with Gasteiger partial charge in [-0.05, 0) is 31.0 Å². The Labute approximate surface area is 128 Å². The van der Waals surface area contributed by atoms with E-state index in [-0.39, 0.29) is 22.2 Å². The maximum absolute atomic E-state index is 13.8. The van der Waals surface area contributed by atoms with Crippen molar-refractivity contribution in [2.45, 2.75) is 25.7 Å². The molecule has 3 nitrogen and oxygen atoms in total. The quantitative estimate of drug-likeness (QED) is 0.807. The fraction of sp³-hybridized carbons (Fsp3) is 0.438. The van der Waals surface area contributed by atoms with Crippen LogP contribution in [0.25, 0.3) is 0 Å². The zero-order valence-corrected chi connectivity index (χ0v) is 12.9. The highest BCUT2D eigenvalue weighted by Gasteiger charge is 2.39. The molecule has 0 saturated heterocycles. The summed E-state index contributed by atoms with van der Waals surface area (Å²) in [7, 11) is 0. The second-order valence-electron chi connectivity index (χ2n) is 5.94. The lowest BCUT2D eigenvalue weighted by Gasteiger charge is -2.34. The highest BCUT2D eigenvalue weighted by Crippen LogP contribution is 2.45. The molecule has 2 aliphatic heterocycles. The first kappa shape index (κ1) is 14.4. The Morgan fingerprint density at radius 2 is 2.24 bits per heavy atom. The Bertz CT molecular complexity index is 643. The van der Waals surface area contributed by atoms with Crippen LogP contribution in [-0.2, 0) is 10.2 Å². The van der Waals surface area contributed by atoms with Crippen LogP contribution in [-0.4, -0.2) is 30.4 Å². The number of rotatable bonds is 1. The van der Waals surface area contributed by atoms with Gasteiger partial charge in [-0.25, -0.2) is 4.39 Å². The van der Waals surface area contributed by atoms with E-state index in [1.807, 2.05) is 4.90 Å². The minimum Gasteiger partial charge on any atom is -0.384 e. The molecule has 1 amide bonds. The number of hydrogen-bond donors (Lipinski definition) is 1. The van der Waals surface area contributed by atoms with Crippen molar-refractivity contribution in [1.82, 2.24) is 4.90 Å². The minimum absolute atomic E-state index is 0.0956. The number of carbonyl (C=O) groups excluding carboxylic acids is 1. The molecule has 0 fully saturated rings. The van der Waals surface area contributed by atoms with Crippen molar-refractivity contribution in [2.75, 3.05) is 25.0 Å². The largest absolute Gasteiger partial charge is 0.384 e. The van der Waals surface area contributed by atoms with Crippen molar-refractivity contribution in [3.05, 3.63) is 40.2 Å². The van der Waals surface area contributed by atoms with Crippen LogP contribution in [0.2, 0.25) is 5.02 Å². The van der Waals surface area contributed by atoms with Crippen molar-refractivity contribution in [3.8, 4) is 0 Å². The van der Waals surface area contributed by atoms with Gasteiger partial charge >= 0.3 is 0 Å². The first-order chi connectivity index (χ1) is 9.91. The van der Waals surface area contributed by atoms with Crippen LogP contribution in [0.3, 0.4) is 0 Å². The summed E-state index contributed by atoms with van der Waals surface area (Å²) in [6, 6.07) is 3.19. The summed E-state index contributed by atoms with van der Waals surface area (Å²) < 4.78 is 13.8. The molecule has 0 saturated carbocycles. The lowest BCUT2D eigenvalue weighted by molar-refractivity contribution is -0.128. The predicted molar refractivity (Wildman–Crippen MR) is 82.2 cm³/mol. The third-order valence-electron chi connectivity index (χ3n) is 4.65. The molecule has 0 aromatic heterocycles. The topological polar surface area (TPSA) is 32.3 Å². The Morgan fingerprint density at radius 3 is 2.86 bits per heavy atom. The van der Waals surface area contributed by atoms with Crippen molar-refractivity contribution >= 4 is 23.2 Å². The summed E-state index contributed by atoms with van der Waals surface area (Å²) in [6.07, 6.45) is 2.93. The van der Waals surface area contributed by atoms with Gasteiger partial charge in [-0.15, -0.1) is 0 Å². The molecule has 1 unspecified atom stereocenters. The molecule has 0 bridgehead atoms. The van der Waals surface area contributed by atoms with Crippen molar-refractivity contribution in [2.24, 2.45) is 0 Å². The van der Waals surface area contributed by atoms with Gasteiger partial charge in [-0.2, -0.15) is 0 Å². The first-order valence-corrected chi connectivity index (χ1v) is 7.48. The summed E-state index contributed by atoms with van der Waals surface area (Å²) in [5, 5.41) is 3.46. The van der Waals surface area contributed by atoms with Gasteiger partial charge in [0.05, 0.1) is 5.02 Å². The average Bonchev–Trinajstić information content (AvgIpc) is 2.78. The number of halogens is 2. The lowest BCUT2D eigenvalue weighted by atomic mass is 9.75. The maximum Gasteiger partial charge on any atom is 0.219 e. The third-order valence-corrected chi connectivity index (χ3v) is 4.94. The standard InChI is InChI=1S/C16H18ClFN2O/c1-10(21)20-5-3-11(4-6-20)16(2)9-19-15-8-13(17)14(18)7-12(15)16/h3,7-8,19H,4-6,9H2,1-2H3. The van der Waals surface area contributed by atoms with Crippen LogP contribution >= 0.6 is 11.6 Å². The molecule has 0 spiro atoms. The van der Waals surface area contributed by atoms with E-state index in [0.717, 1.165) is 30.8 Å². The van der Waals surface area contributed by atoms with Gasteiger partial charge in [0.2, 0.25) is 5.91 Å². The van der Waals surface area contributed by atoms with Gasteiger partial charge in [0, 0.05) is 37.7 Å². The van der Waals surface area contributed by atoms with E-state index in [0.29, 0.717) is 6.54 Å². The van der Waals surface area contributed by atoms with Gasteiger partial charge < -0.3 is 10.2 Å². The minimum atomic E-state index is -0.382. The van der Waals surface area contributed by atoms with E-state index >= 15 is 0 Å². The number of carbonyl (C=O) groups is 1. The first-order valence-electron chi connectivity index (χ1n) is 7.10. The van der Waals surface area contributed by atoms with E-state index in [1.165, 1.54) is 11.6 Å². The van der Waals surface area contributed by atoms with Gasteiger partial charge in [0.25, 0.3) is 0 Å². The van der Waals surface area contributed by atoms with Crippen molar-refractivity contribution in [1.29, 1.82) is 0 Å². The number of hydrogen-bond acceptors (Lipinski definition) is 2. The zero-order chi connectivity index (χ0) is 15.2. The Hall–Kier alpha value is -1.55. The molecular formula is C16H18ClFN2O. The van der Waals surface area contributed by atoms with Crippen LogP contribution in [0.15, 0.2) is 23.8 Å². The zero-order valence-electron chi connectivity index (χ0n) is 12.2. The third kappa shape index (κ3) is 2.31. The molecular weight excluding hydrogens is 291 g/mol. The molecule has 1 atom stereocenters. The number of nitrogens with zero attached hydrogens (tertiary/aromatic N) is 1. The Morgan fingerprint density at radius 1 is 1.48 bits per heavy atom. The molecule has 0 aliphatic carbocycles. The molecule has 1 aromatic rings. The molecule has 21 heavy (non-hydrogen) atoms. The number of fused-ring (bicyclic) bond motifs is 1. The monoisotopic (exact) mass is 308 g/mol. The van der Waals surface area contributed by atoms with E-state index in [9.17, 15) is 9.18 Å². The van der Waals surface area contributed by atoms with Gasteiger partial charge in [-0.3, -0.25) is 4.79 Å². The highest BCUT2D eigenvalue weighted by molar-refractivity contribution is 6.31. The smallest absolute Gasteiger partial charge is 0.219 e. The fourth-order valence-corrected chi connectivity index (χ4v) is 3.42. The Balaban J connectivity index is 1.95. The normalized spacial score (nSPS) is 24.4. The fourth-order valence-electron chi connectivity index (χ4n) is 3.26. The summed E-state index contributed by atoms with van der Waals surface area (Å²) >= 11 is 5.85. The molecule has 112 valence electrons. The summed E-state index contributed by atoms with van der Waals surface area (Å²) in [6.45, 7) is 5.79. The summed E-state index contributed by atoms with van der Waals surface area (Å²) in [5.74, 6) is -0.287. The SMILES string of the molecule is CC(=O)N1CC=C(C2(C)CNc3cc(Cl)c(F)cc32)CC1. The Kier molecular flexibility index (Phi) is 3.44. The summed E-state index contributed by atoms with van der Waals surface area (Å²) in [4.78, 5) is 13.2. The lowest BCUT2D eigenvalue weighted by Crippen LogP contribution is -2.37. The van der Waals surface area contributed by atoms with E-state index in [2.05, 4.69) is 18.3 Å². The number of nitrogens with one attached hydrogen (secondary N) is 1. The molecule has 1 aromatic carbocycles. The second-order valence-corrected chi connectivity index (χ2v) is 6.35.